The van der Waals surface area contributed by atoms with Crippen molar-refractivity contribution in [2.45, 2.75) is 37.7 Å². The van der Waals surface area contributed by atoms with Crippen LogP contribution in [0.25, 0.3) is 0 Å². The molecule has 2 aliphatic rings. The summed E-state index contributed by atoms with van der Waals surface area (Å²) in [6.45, 7) is 2.26. The highest BCUT2D eigenvalue weighted by molar-refractivity contribution is 5.78. The van der Waals surface area contributed by atoms with E-state index >= 15 is 0 Å². The molecule has 2 heterocycles. The van der Waals surface area contributed by atoms with Crippen LogP contribution in [0.4, 0.5) is 0 Å². The lowest BCUT2D eigenvalue weighted by molar-refractivity contribution is -0.131. The molecule has 1 amide bonds. The third-order valence-corrected chi connectivity index (χ3v) is 3.33. The van der Waals surface area contributed by atoms with Crippen molar-refractivity contribution in [3.05, 3.63) is 0 Å². The zero-order valence-electron chi connectivity index (χ0n) is 8.87. The Morgan fingerprint density at radius 3 is 3.00 bits per heavy atom. The van der Waals surface area contributed by atoms with E-state index in [1.54, 1.807) is 4.90 Å². The van der Waals surface area contributed by atoms with Crippen molar-refractivity contribution in [3.8, 4) is 6.07 Å². The highest BCUT2D eigenvalue weighted by Gasteiger charge is 2.41. The molecule has 0 unspecified atom stereocenters. The Labute approximate surface area is 89.8 Å². The number of likely N-dealkylation sites (tertiary alicyclic amines) is 1. The summed E-state index contributed by atoms with van der Waals surface area (Å²) in [7, 11) is 0. The van der Waals surface area contributed by atoms with Gasteiger partial charge in [0, 0.05) is 19.7 Å². The molecule has 2 saturated heterocycles. The van der Waals surface area contributed by atoms with Gasteiger partial charge in [-0.15, -0.1) is 0 Å². The summed E-state index contributed by atoms with van der Waals surface area (Å²) in [5, 5.41) is 8.47. The van der Waals surface area contributed by atoms with Gasteiger partial charge in [-0.25, -0.2) is 0 Å². The molecule has 1 atom stereocenters. The number of ether oxygens (including phenoxy) is 1. The Bertz CT molecular complexity index is 289. The molecule has 82 valence electrons. The number of carbonyl (C=O) groups excluding carboxylic acids is 1. The molecule has 2 rings (SSSR count). The van der Waals surface area contributed by atoms with Crippen molar-refractivity contribution >= 4 is 5.91 Å². The average Bonchev–Trinajstić information content (AvgIpc) is 2.64. The number of amides is 1. The fourth-order valence-electron chi connectivity index (χ4n) is 2.47. The molecule has 0 bridgehead atoms. The van der Waals surface area contributed by atoms with E-state index in [2.05, 4.69) is 0 Å². The van der Waals surface area contributed by atoms with Gasteiger partial charge in [-0.3, -0.25) is 4.79 Å². The van der Waals surface area contributed by atoms with E-state index in [1.807, 2.05) is 6.07 Å². The Morgan fingerprint density at radius 2 is 2.33 bits per heavy atom. The minimum atomic E-state index is -0.0800. The molecule has 0 saturated carbocycles. The number of nitriles is 1. The molecule has 4 heteroatoms. The first-order chi connectivity index (χ1) is 7.26. The Hall–Kier alpha value is -1.08. The average molecular weight is 208 g/mol. The van der Waals surface area contributed by atoms with Crippen LogP contribution in [0.5, 0.6) is 0 Å². The minimum absolute atomic E-state index is 0.00389. The van der Waals surface area contributed by atoms with Gasteiger partial charge < -0.3 is 9.64 Å². The van der Waals surface area contributed by atoms with Crippen LogP contribution in [-0.2, 0) is 9.53 Å². The van der Waals surface area contributed by atoms with Crippen molar-refractivity contribution in [2.24, 2.45) is 0 Å². The van der Waals surface area contributed by atoms with E-state index in [1.165, 1.54) is 6.42 Å². The maximum atomic E-state index is 11.5. The summed E-state index contributed by atoms with van der Waals surface area (Å²) in [5.74, 6) is -0.0523. The standard InChI is InChI=1S/C11H16N2O2/c12-6-3-10(14)13-7-5-11(9-13)4-1-2-8-15-11/h1-5,7-9H2/t11-/m1/s1. The maximum Gasteiger partial charge on any atom is 0.236 e. The van der Waals surface area contributed by atoms with E-state index < -0.39 is 0 Å². The second kappa shape index (κ2) is 4.19. The Morgan fingerprint density at radius 1 is 1.47 bits per heavy atom. The van der Waals surface area contributed by atoms with Crippen LogP contribution in [0, 0.1) is 11.3 Å². The molecule has 2 aliphatic heterocycles. The number of rotatable bonds is 1. The highest BCUT2D eigenvalue weighted by atomic mass is 16.5. The predicted octanol–water partition coefficient (Wildman–Crippen LogP) is 1.07. The van der Waals surface area contributed by atoms with Gasteiger partial charge in [0.05, 0.1) is 11.7 Å². The predicted molar refractivity (Wildman–Crippen MR) is 54.0 cm³/mol. The summed E-state index contributed by atoms with van der Waals surface area (Å²) in [5.41, 5.74) is -0.0800. The van der Waals surface area contributed by atoms with Gasteiger partial charge in [0.15, 0.2) is 0 Å². The van der Waals surface area contributed by atoms with Crippen LogP contribution in [0.3, 0.4) is 0 Å². The van der Waals surface area contributed by atoms with E-state index in [-0.39, 0.29) is 17.9 Å². The summed E-state index contributed by atoms with van der Waals surface area (Å²) >= 11 is 0. The van der Waals surface area contributed by atoms with Gasteiger partial charge >= 0.3 is 0 Å². The maximum absolute atomic E-state index is 11.5. The van der Waals surface area contributed by atoms with E-state index in [9.17, 15) is 4.79 Å². The lowest BCUT2D eigenvalue weighted by atomic mass is 9.93. The third kappa shape index (κ3) is 2.13. The number of hydrogen-bond acceptors (Lipinski definition) is 3. The molecule has 4 nitrogen and oxygen atoms in total. The quantitative estimate of drug-likeness (QED) is 0.647. The van der Waals surface area contributed by atoms with Crippen LogP contribution in [0.1, 0.15) is 32.1 Å². The van der Waals surface area contributed by atoms with Crippen molar-refractivity contribution in [2.75, 3.05) is 19.7 Å². The van der Waals surface area contributed by atoms with Crippen LogP contribution >= 0.6 is 0 Å². The molecule has 0 radical (unpaired) electrons. The number of carbonyl (C=O) groups is 1. The van der Waals surface area contributed by atoms with E-state index in [4.69, 9.17) is 10.00 Å². The van der Waals surface area contributed by atoms with Gasteiger partial charge in [0.1, 0.15) is 6.42 Å². The number of hydrogen-bond donors (Lipinski definition) is 0. The largest absolute Gasteiger partial charge is 0.373 e. The molecule has 0 aromatic heterocycles. The second-order valence-corrected chi connectivity index (χ2v) is 4.39. The van der Waals surface area contributed by atoms with Crippen LogP contribution in [0.2, 0.25) is 0 Å². The third-order valence-electron chi connectivity index (χ3n) is 3.33. The van der Waals surface area contributed by atoms with Gasteiger partial charge in [0.2, 0.25) is 5.91 Å². The molecule has 1 spiro atoms. The molecule has 2 fully saturated rings. The van der Waals surface area contributed by atoms with E-state index in [0.29, 0.717) is 6.54 Å². The van der Waals surface area contributed by atoms with Crippen molar-refractivity contribution < 1.29 is 9.53 Å². The molecule has 0 N–H and O–H groups in total. The summed E-state index contributed by atoms with van der Waals surface area (Å²) in [6.07, 6.45) is 4.32. The monoisotopic (exact) mass is 208 g/mol. The smallest absolute Gasteiger partial charge is 0.236 e. The molecule has 0 aliphatic carbocycles. The van der Waals surface area contributed by atoms with Crippen molar-refractivity contribution in [3.63, 3.8) is 0 Å². The van der Waals surface area contributed by atoms with Gasteiger partial charge in [-0.05, 0) is 25.7 Å². The fourth-order valence-corrected chi connectivity index (χ4v) is 2.47. The summed E-state index contributed by atoms with van der Waals surface area (Å²) in [6, 6.07) is 1.90. The summed E-state index contributed by atoms with van der Waals surface area (Å²) < 4.78 is 5.81. The van der Waals surface area contributed by atoms with Crippen molar-refractivity contribution in [1.82, 2.24) is 4.90 Å². The minimum Gasteiger partial charge on any atom is -0.373 e. The highest BCUT2D eigenvalue weighted by Crippen LogP contribution is 2.34. The van der Waals surface area contributed by atoms with Crippen LogP contribution in [-0.4, -0.2) is 36.1 Å². The van der Waals surface area contributed by atoms with Crippen LogP contribution < -0.4 is 0 Å². The normalized spacial score (nSPS) is 30.5. The number of nitrogens with zero attached hydrogens (tertiary/aromatic N) is 2. The first-order valence-corrected chi connectivity index (χ1v) is 5.54. The molecular formula is C11H16N2O2. The second-order valence-electron chi connectivity index (χ2n) is 4.39. The lowest BCUT2D eigenvalue weighted by Gasteiger charge is -2.33. The van der Waals surface area contributed by atoms with Crippen molar-refractivity contribution in [1.29, 1.82) is 5.26 Å². The first kappa shape index (κ1) is 10.4. The van der Waals surface area contributed by atoms with E-state index in [0.717, 1.165) is 32.4 Å². The molecule has 0 aromatic carbocycles. The molecule has 0 aromatic rings. The first-order valence-electron chi connectivity index (χ1n) is 5.54. The lowest BCUT2D eigenvalue weighted by Crippen LogP contribution is -2.40. The molecular weight excluding hydrogens is 192 g/mol. The fraction of sp³-hybridized carbons (Fsp3) is 0.818. The Balaban J connectivity index is 1.93. The summed E-state index contributed by atoms with van der Waals surface area (Å²) in [4.78, 5) is 13.3. The zero-order valence-corrected chi connectivity index (χ0v) is 8.87. The van der Waals surface area contributed by atoms with Crippen LogP contribution in [0.15, 0.2) is 0 Å². The van der Waals surface area contributed by atoms with Gasteiger partial charge in [-0.1, -0.05) is 0 Å². The zero-order chi connectivity index (χ0) is 10.7. The topological polar surface area (TPSA) is 53.3 Å². The SMILES string of the molecule is N#CCC(=O)N1CC[C@]2(CCCCO2)C1. The Kier molecular flexibility index (Phi) is 2.92. The van der Waals surface area contributed by atoms with Gasteiger partial charge in [-0.2, -0.15) is 5.26 Å². The van der Waals surface area contributed by atoms with Gasteiger partial charge in [0.25, 0.3) is 0 Å². The molecule has 15 heavy (non-hydrogen) atoms.